The summed E-state index contributed by atoms with van der Waals surface area (Å²) in [5.41, 5.74) is 4.51. The maximum atomic E-state index is 10.9. The van der Waals surface area contributed by atoms with Gasteiger partial charge in [-0.3, -0.25) is 10.1 Å². The first kappa shape index (κ1) is 14.4. The minimum atomic E-state index is -0.903. The van der Waals surface area contributed by atoms with Crippen LogP contribution < -0.4 is 5.73 Å². The van der Waals surface area contributed by atoms with Crippen LogP contribution in [0.4, 0.5) is 10.5 Å². The highest BCUT2D eigenvalue weighted by Gasteiger charge is 2.26. The third kappa shape index (κ3) is 3.99. The number of hydrogen-bond acceptors (Lipinski definition) is 4. The molecule has 1 rings (SSSR count). The molecule has 0 fully saturated rings. The van der Waals surface area contributed by atoms with Crippen molar-refractivity contribution in [3.05, 3.63) is 38.3 Å². The number of nitro benzene ring substituents is 1. The van der Waals surface area contributed by atoms with Gasteiger partial charge in [-0.15, -0.1) is 0 Å². The zero-order valence-corrected chi connectivity index (χ0v) is 11.6. The van der Waals surface area contributed by atoms with Crippen molar-refractivity contribution in [3.8, 4) is 0 Å². The van der Waals surface area contributed by atoms with Crippen LogP contribution >= 0.6 is 15.9 Å². The van der Waals surface area contributed by atoms with E-state index in [2.05, 4.69) is 15.9 Å². The minimum absolute atomic E-state index is 0.0227. The fourth-order valence-electron chi connectivity index (χ4n) is 1.62. The normalized spacial score (nSPS) is 11.1. The van der Waals surface area contributed by atoms with E-state index in [1.807, 2.05) is 0 Å². The predicted octanol–water partition coefficient (Wildman–Crippen LogP) is 2.77. The molecule has 0 radical (unpaired) electrons. The second-order valence-corrected chi connectivity index (χ2v) is 5.30. The van der Waals surface area contributed by atoms with Crippen molar-refractivity contribution >= 4 is 27.7 Å². The van der Waals surface area contributed by atoms with Crippen LogP contribution in [0.1, 0.15) is 19.4 Å². The summed E-state index contributed by atoms with van der Waals surface area (Å²) in [4.78, 5) is 21.2. The van der Waals surface area contributed by atoms with Gasteiger partial charge in [-0.25, -0.2) is 4.79 Å². The van der Waals surface area contributed by atoms with Crippen molar-refractivity contribution in [1.29, 1.82) is 0 Å². The summed E-state index contributed by atoms with van der Waals surface area (Å²) in [7, 11) is 0. The topological polar surface area (TPSA) is 95.5 Å². The summed E-state index contributed by atoms with van der Waals surface area (Å²) in [6.45, 7) is 3.28. The molecule has 2 N–H and O–H groups in total. The smallest absolute Gasteiger partial charge is 0.405 e. The number of carbonyl (C=O) groups excluding carboxylic acids is 1. The Balaban J connectivity index is 3.03. The van der Waals surface area contributed by atoms with Crippen LogP contribution in [-0.4, -0.2) is 16.6 Å². The van der Waals surface area contributed by atoms with E-state index in [9.17, 15) is 14.9 Å². The van der Waals surface area contributed by atoms with Gasteiger partial charge in [0.25, 0.3) is 5.69 Å². The highest BCUT2D eigenvalue weighted by molar-refractivity contribution is 9.10. The first-order valence-electron chi connectivity index (χ1n) is 5.12. The number of halogens is 1. The third-order valence-corrected chi connectivity index (χ3v) is 2.73. The van der Waals surface area contributed by atoms with Crippen LogP contribution in [0.2, 0.25) is 0 Å². The Morgan fingerprint density at radius 3 is 2.67 bits per heavy atom. The second-order valence-electron chi connectivity index (χ2n) is 4.39. The first-order chi connectivity index (χ1) is 8.21. The van der Waals surface area contributed by atoms with Gasteiger partial charge in [0.1, 0.15) is 5.60 Å². The monoisotopic (exact) mass is 316 g/mol. The highest BCUT2D eigenvalue weighted by Crippen LogP contribution is 2.28. The lowest BCUT2D eigenvalue weighted by atomic mass is 9.97. The molecule has 7 heteroatoms. The maximum absolute atomic E-state index is 10.9. The number of amides is 1. The summed E-state index contributed by atoms with van der Waals surface area (Å²) in [6, 6.07) is 4.73. The molecule has 6 nitrogen and oxygen atoms in total. The molecule has 98 valence electrons. The summed E-state index contributed by atoms with van der Waals surface area (Å²) in [6.07, 6.45) is -0.695. The Kier molecular flexibility index (Phi) is 4.28. The number of nitro groups is 1. The van der Waals surface area contributed by atoms with Gasteiger partial charge in [0.05, 0.1) is 4.92 Å². The summed E-state index contributed by atoms with van der Waals surface area (Å²) in [5, 5.41) is 10.9. The lowest BCUT2D eigenvalue weighted by Gasteiger charge is -2.23. The van der Waals surface area contributed by atoms with E-state index in [0.717, 1.165) is 0 Å². The van der Waals surface area contributed by atoms with Gasteiger partial charge < -0.3 is 10.5 Å². The molecule has 0 atom stereocenters. The number of nitrogens with zero attached hydrogens (tertiary/aromatic N) is 1. The molecule has 0 heterocycles. The minimum Gasteiger partial charge on any atom is -0.443 e. The molecule has 0 aliphatic heterocycles. The van der Waals surface area contributed by atoms with Crippen molar-refractivity contribution in [2.75, 3.05) is 0 Å². The molecular weight excluding hydrogens is 304 g/mol. The zero-order valence-electron chi connectivity index (χ0n) is 9.97. The highest BCUT2D eigenvalue weighted by atomic mass is 79.9. The van der Waals surface area contributed by atoms with Crippen molar-refractivity contribution < 1.29 is 14.5 Å². The van der Waals surface area contributed by atoms with E-state index in [1.54, 1.807) is 26.0 Å². The maximum Gasteiger partial charge on any atom is 0.405 e. The van der Waals surface area contributed by atoms with Crippen molar-refractivity contribution in [3.63, 3.8) is 0 Å². The SMILES string of the molecule is CC(C)(Cc1ccc(Br)cc1[N+](=O)[O-])OC(N)=O. The molecule has 0 saturated heterocycles. The summed E-state index contributed by atoms with van der Waals surface area (Å²) < 4.78 is 5.53. The zero-order chi connectivity index (χ0) is 13.9. The molecule has 0 spiro atoms. The Morgan fingerprint density at radius 1 is 1.56 bits per heavy atom. The van der Waals surface area contributed by atoms with Gasteiger partial charge in [-0.2, -0.15) is 0 Å². The van der Waals surface area contributed by atoms with Crippen LogP contribution in [0.15, 0.2) is 22.7 Å². The number of hydrogen-bond donors (Lipinski definition) is 1. The van der Waals surface area contributed by atoms with Crippen molar-refractivity contribution in [1.82, 2.24) is 0 Å². The van der Waals surface area contributed by atoms with Crippen LogP contribution in [0.5, 0.6) is 0 Å². The summed E-state index contributed by atoms with van der Waals surface area (Å²) >= 11 is 3.17. The standard InChI is InChI=1S/C11H13BrN2O4/c1-11(2,18-10(13)15)6-7-3-4-8(12)5-9(7)14(16)17/h3-5H,6H2,1-2H3,(H2,13,15). The van der Waals surface area contributed by atoms with Gasteiger partial charge in [-0.1, -0.05) is 22.0 Å². The fraction of sp³-hybridized carbons (Fsp3) is 0.364. The third-order valence-electron chi connectivity index (χ3n) is 2.24. The van der Waals surface area contributed by atoms with Crippen LogP contribution in [0.25, 0.3) is 0 Å². The fourth-order valence-corrected chi connectivity index (χ4v) is 1.97. The number of carbonyl (C=O) groups is 1. The van der Waals surface area contributed by atoms with Crippen LogP contribution in [0, 0.1) is 10.1 Å². The number of benzene rings is 1. The van der Waals surface area contributed by atoms with Gasteiger partial charge in [0.15, 0.2) is 0 Å². The number of nitrogens with two attached hydrogens (primary N) is 1. The average Bonchev–Trinajstić information content (AvgIpc) is 2.18. The Morgan fingerprint density at radius 2 is 2.17 bits per heavy atom. The van der Waals surface area contributed by atoms with Crippen molar-refractivity contribution in [2.45, 2.75) is 25.9 Å². The van der Waals surface area contributed by atoms with E-state index in [1.165, 1.54) is 6.07 Å². The van der Waals surface area contributed by atoms with Crippen LogP contribution in [0.3, 0.4) is 0 Å². The Labute approximate surface area is 112 Å². The van der Waals surface area contributed by atoms with Crippen molar-refractivity contribution in [2.24, 2.45) is 5.73 Å². The lowest BCUT2D eigenvalue weighted by Crippen LogP contribution is -2.33. The van der Waals surface area contributed by atoms with Gasteiger partial charge in [-0.05, 0) is 19.9 Å². The predicted molar refractivity (Wildman–Crippen MR) is 69.2 cm³/mol. The van der Waals surface area contributed by atoms with Gasteiger partial charge >= 0.3 is 6.09 Å². The lowest BCUT2D eigenvalue weighted by molar-refractivity contribution is -0.385. The molecule has 0 unspecified atom stereocenters. The molecule has 0 aliphatic rings. The van der Waals surface area contributed by atoms with E-state index >= 15 is 0 Å². The van der Waals surface area contributed by atoms with E-state index < -0.39 is 16.6 Å². The molecule has 1 aromatic carbocycles. The number of primary amides is 1. The molecule has 0 aromatic heterocycles. The van der Waals surface area contributed by atoms with E-state index in [0.29, 0.717) is 10.0 Å². The van der Waals surface area contributed by atoms with Gasteiger partial charge in [0, 0.05) is 22.5 Å². The quantitative estimate of drug-likeness (QED) is 0.682. The van der Waals surface area contributed by atoms with E-state index in [-0.39, 0.29) is 12.1 Å². The largest absolute Gasteiger partial charge is 0.443 e. The average molecular weight is 317 g/mol. The molecule has 1 amide bonds. The van der Waals surface area contributed by atoms with E-state index in [4.69, 9.17) is 10.5 Å². The molecular formula is C11H13BrN2O4. The second kappa shape index (κ2) is 5.34. The van der Waals surface area contributed by atoms with Crippen LogP contribution in [-0.2, 0) is 11.2 Å². The van der Waals surface area contributed by atoms with Gasteiger partial charge in [0.2, 0.25) is 0 Å². The number of ether oxygens (including phenoxy) is 1. The molecule has 0 bridgehead atoms. The Bertz CT molecular complexity index is 488. The Hall–Kier alpha value is -1.63. The molecule has 0 aliphatic carbocycles. The molecule has 1 aromatic rings. The first-order valence-corrected chi connectivity index (χ1v) is 5.92. The molecule has 0 saturated carbocycles. The summed E-state index contributed by atoms with van der Waals surface area (Å²) in [5.74, 6) is 0. The molecule has 18 heavy (non-hydrogen) atoms. The number of rotatable bonds is 4.